The summed E-state index contributed by atoms with van der Waals surface area (Å²) < 4.78 is 0. The van der Waals surface area contributed by atoms with Crippen molar-refractivity contribution in [2.45, 2.75) is 51.1 Å². The first-order valence-corrected chi connectivity index (χ1v) is 5.82. The first-order valence-electron chi connectivity index (χ1n) is 5.82. The molecule has 2 N–H and O–H groups in total. The molecule has 2 aliphatic carbocycles. The molecular weight excluding hydrogens is 160 g/mol. The van der Waals surface area contributed by atoms with Gasteiger partial charge in [-0.1, -0.05) is 13.3 Å². The van der Waals surface area contributed by atoms with Gasteiger partial charge in [-0.05, 0) is 38.1 Å². The fourth-order valence-corrected chi connectivity index (χ4v) is 2.59. The van der Waals surface area contributed by atoms with Gasteiger partial charge in [-0.25, -0.2) is 0 Å². The Hall–Kier alpha value is -0.0800. The standard InChI is InChI=1S/C11H22N2/c1-2-13(10-6-7-10)11(8-12)9-4-3-5-9/h9-11H,2-8,12H2,1H3. The summed E-state index contributed by atoms with van der Waals surface area (Å²) in [5, 5.41) is 0. The van der Waals surface area contributed by atoms with E-state index in [0.717, 1.165) is 18.5 Å². The Morgan fingerprint density at radius 1 is 1.31 bits per heavy atom. The predicted molar refractivity (Wildman–Crippen MR) is 55.6 cm³/mol. The van der Waals surface area contributed by atoms with Crippen LogP contribution in [-0.2, 0) is 0 Å². The van der Waals surface area contributed by atoms with E-state index in [0.29, 0.717) is 6.04 Å². The maximum absolute atomic E-state index is 5.88. The molecule has 1 unspecified atom stereocenters. The Bertz CT molecular complexity index is 161. The van der Waals surface area contributed by atoms with Crippen LogP contribution < -0.4 is 5.73 Å². The van der Waals surface area contributed by atoms with Gasteiger partial charge in [0.05, 0.1) is 0 Å². The fraction of sp³-hybridized carbons (Fsp3) is 1.00. The predicted octanol–water partition coefficient (Wildman–Crippen LogP) is 1.60. The van der Waals surface area contributed by atoms with Crippen molar-refractivity contribution in [1.82, 2.24) is 4.90 Å². The van der Waals surface area contributed by atoms with Crippen LogP contribution in [0.5, 0.6) is 0 Å². The monoisotopic (exact) mass is 182 g/mol. The molecule has 0 radical (unpaired) electrons. The summed E-state index contributed by atoms with van der Waals surface area (Å²) in [6, 6.07) is 1.59. The lowest BCUT2D eigenvalue weighted by atomic mass is 9.79. The number of nitrogens with zero attached hydrogens (tertiary/aromatic N) is 1. The summed E-state index contributed by atoms with van der Waals surface area (Å²) >= 11 is 0. The van der Waals surface area contributed by atoms with E-state index in [1.54, 1.807) is 0 Å². The van der Waals surface area contributed by atoms with Gasteiger partial charge in [-0.15, -0.1) is 0 Å². The molecule has 2 saturated carbocycles. The van der Waals surface area contributed by atoms with Crippen LogP contribution in [0.15, 0.2) is 0 Å². The first-order chi connectivity index (χ1) is 6.36. The Kier molecular flexibility index (Phi) is 2.89. The number of rotatable bonds is 5. The van der Waals surface area contributed by atoms with Crippen molar-refractivity contribution in [2.24, 2.45) is 11.7 Å². The summed E-state index contributed by atoms with van der Waals surface area (Å²) in [6.45, 7) is 4.34. The van der Waals surface area contributed by atoms with Gasteiger partial charge in [-0.2, -0.15) is 0 Å². The van der Waals surface area contributed by atoms with Crippen molar-refractivity contribution in [3.63, 3.8) is 0 Å². The maximum Gasteiger partial charge on any atom is 0.0249 e. The van der Waals surface area contributed by atoms with Crippen LogP contribution in [0, 0.1) is 5.92 Å². The van der Waals surface area contributed by atoms with Gasteiger partial charge in [0.25, 0.3) is 0 Å². The molecule has 0 saturated heterocycles. The number of nitrogens with two attached hydrogens (primary N) is 1. The third-order valence-corrected chi connectivity index (χ3v) is 3.74. The lowest BCUT2D eigenvalue weighted by Gasteiger charge is -2.40. The van der Waals surface area contributed by atoms with E-state index in [1.807, 2.05) is 0 Å². The molecule has 2 fully saturated rings. The van der Waals surface area contributed by atoms with Crippen LogP contribution >= 0.6 is 0 Å². The largest absolute Gasteiger partial charge is 0.329 e. The van der Waals surface area contributed by atoms with Crippen molar-refractivity contribution in [2.75, 3.05) is 13.1 Å². The zero-order valence-electron chi connectivity index (χ0n) is 8.71. The van der Waals surface area contributed by atoms with Crippen LogP contribution in [-0.4, -0.2) is 30.1 Å². The van der Waals surface area contributed by atoms with Gasteiger partial charge >= 0.3 is 0 Å². The highest BCUT2D eigenvalue weighted by Crippen LogP contribution is 2.36. The van der Waals surface area contributed by atoms with Crippen LogP contribution in [0.3, 0.4) is 0 Å². The van der Waals surface area contributed by atoms with Gasteiger partial charge in [0.2, 0.25) is 0 Å². The minimum Gasteiger partial charge on any atom is -0.329 e. The van der Waals surface area contributed by atoms with Crippen LogP contribution in [0.1, 0.15) is 39.0 Å². The second-order valence-corrected chi connectivity index (χ2v) is 4.56. The van der Waals surface area contributed by atoms with Gasteiger partial charge in [-0.3, -0.25) is 4.90 Å². The van der Waals surface area contributed by atoms with Crippen LogP contribution in [0.2, 0.25) is 0 Å². The normalized spacial score (nSPS) is 26.1. The lowest BCUT2D eigenvalue weighted by molar-refractivity contribution is 0.0985. The van der Waals surface area contributed by atoms with E-state index in [9.17, 15) is 0 Å². The third kappa shape index (κ3) is 1.89. The van der Waals surface area contributed by atoms with Gasteiger partial charge in [0.15, 0.2) is 0 Å². The second-order valence-electron chi connectivity index (χ2n) is 4.56. The molecule has 0 heterocycles. The smallest absolute Gasteiger partial charge is 0.0249 e. The Morgan fingerprint density at radius 3 is 2.31 bits per heavy atom. The van der Waals surface area contributed by atoms with E-state index in [2.05, 4.69) is 11.8 Å². The SMILES string of the molecule is CCN(C1CC1)C(CN)C1CCC1. The summed E-state index contributed by atoms with van der Waals surface area (Å²) in [5.41, 5.74) is 5.88. The number of hydrogen-bond acceptors (Lipinski definition) is 2. The molecule has 0 amide bonds. The molecule has 2 heteroatoms. The Morgan fingerprint density at radius 2 is 2.00 bits per heavy atom. The molecule has 13 heavy (non-hydrogen) atoms. The first kappa shape index (κ1) is 9.47. The fourth-order valence-electron chi connectivity index (χ4n) is 2.59. The molecule has 0 aromatic carbocycles. The van der Waals surface area contributed by atoms with E-state index in [1.165, 1.54) is 38.6 Å². The van der Waals surface area contributed by atoms with E-state index in [4.69, 9.17) is 5.73 Å². The minimum atomic E-state index is 0.700. The van der Waals surface area contributed by atoms with Crippen LogP contribution in [0.25, 0.3) is 0 Å². The lowest BCUT2D eigenvalue weighted by Crippen LogP contribution is -2.48. The molecule has 0 bridgehead atoms. The number of hydrogen-bond donors (Lipinski definition) is 1. The molecule has 2 nitrogen and oxygen atoms in total. The zero-order chi connectivity index (χ0) is 9.26. The van der Waals surface area contributed by atoms with Crippen LogP contribution in [0.4, 0.5) is 0 Å². The molecule has 76 valence electrons. The summed E-state index contributed by atoms with van der Waals surface area (Å²) in [4.78, 5) is 2.66. The van der Waals surface area contributed by atoms with E-state index >= 15 is 0 Å². The molecule has 0 spiro atoms. The summed E-state index contributed by atoms with van der Waals surface area (Å²) in [5.74, 6) is 0.922. The van der Waals surface area contributed by atoms with Crippen molar-refractivity contribution in [3.8, 4) is 0 Å². The Balaban J connectivity index is 1.91. The maximum atomic E-state index is 5.88. The van der Waals surface area contributed by atoms with E-state index in [-0.39, 0.29) is 0 Å². The highest BCUT2D eigenvalue weighted by molar-refractivity contribution is 4.93. The molecule has 0 aliphatic heterocycles. The van der Waals surface area contributed by atoms with Crippen molar-refractivity contribution in [3.05, 3.63) is 0 Å². The highest BCUT2D eigenvalue weighted by Gasteiger charge is 2.37. The molecule has 2 aliphatic rings. The van der Waals surface area contributed by atoms with Gasteiger partial charge < -0.3 is 5.73 Å². The average molecular weight is 182 g/mol. The topological polar surface area (TPSA) is 29.3 Å². The second kappa shape index (κ2) is 3.97. The summed E-state index contributed by atoms with van der Waals surface area (Å²) in [6.07, 6.45) is 7.10. The Labute approximate surface area is 81.5 Å². The molecular formula is C11H22N2. The quantitative estimate of drug-likeness (QED) is 0.699. The zero-order valence-corrected chi connectivity index (χ0v) is 8.71. The third-order valence-electron chi connectivity index (χ3n) is 3.74. The minimum absolute atomic E-state index is 0.700. The van der Waals surface area contributed by atoms with E-state index < -0.39 is 0 Å². The highest BCUT2D eigenvalue weighted by atomic mass is 15.2. The molecule has 2 rings (SSSR count). The molecule has 1 atom stereocenters. The summed E-state index contributed by atoms with van der Waals surface area (Å²) in [7, 11) is 0. The van der Waals surface area contributed by atoms with Crippen molar-refractivity contribution >= 4 is 0 Å². The molecule has 0 aromatic heterocycles. The van der Waals surface area contributed by atoms with Gasteiger partial charge in [0.1, 0.15) is 0 Å². The van der Waals surface area contributed by atoms with Crippen molar-refractivity contribution < 1.29 is 0 Å². The average Bonchev–Trinajstić information content (AvgIpc) is 2.84. The molecule has 0 aromatic rings. The number of likely N-dealkylation sites (N-methyl/N-ethyl adjacent to an activating group) is 1. The van der Waals surface area contributed by atoms with Crippen molar-refractivity contribution in [1.29, 1.82) is 0 Å². The van der Waals surface area contributed by atoms with Gasteiger partial charge in [0, 0.05) is 18.6 Å².